The molecule has 1 heterocycles. The largest absolute Gasteiger partial charge is 0.492 e. The zero-order valence-corrected chi connectivity index (χ0v) is 8.99. The lowest BCUT2D eigenvalue weighted by molar-refractivity contribution is -0.390. The van der Waals surface area contributed by atoms with Crippen LogP contribution in [0.1, 0.15) is 12.0 Å². The average Bonchev–Trinajstić information content (AvgIpc) is 2.15. The summed E-state index contributed by atoms with van der Waals surface area (Å²) in [6, 6.07) is 0. The highest BCUT2D eigenvalue weighted by atomic mass is 79.9. The molecule has 0 bridgehead atoms. The minimum Gasteiger partial charge on any atom is -0.492 e. The summed E-state index contributed by atoms with van der Waals surface area (Å²) in [7, 11) is 1.18. The van der Waals surface area contributed by atoms with Crippen molar-refractivity contribution in [2.75, 3.05) is 7.11 Å². The summed E-state index contributed by atoms with van der Waals surface area (Å²) in [4.78, 5) is 13.0. The molecule has 1 aromatic rings. The van der Waals surface area contributed by atoms with Gasteiger partial charge in [-0.05, 0) is 25.8 Å². The zero-order valence-electron chi connectivity index (χ0n) is 7.41. The lowest BCUT2D eigenvalue weighted by Gasteiger charge is -2.07. The lowest BCUT2D eigenvalue weighted by atomic mass is 10.2. The summed E-state index contributed by atoms with van der Waals surface area (Å²) in [5.74, 6) is -0.853. The molecule has 0 atom stereocenters. The molecule has 0 amide bonds. The van der Waals surface area contributed by atoms with E-state index in [0.717, 1.165) is 6.20 Å². The minimum absolute atomic E-state index is 0.192. The van der Waals surface area contributed by atoms with Crippen LogP contribution in [-0.2, 0) is 0 Å². The first-order valence-corrected chi connectivity index (χ1v) is 4.43. The van der Waals surface area contributed by atoms with E-state index in [1.807, 2.05) is 0 Å². The smallest absolute Gasteiger partial charge is 0.378 e. The number of alkyl halides is 2. The fourth-order valence-electron chi connectivity index (χ4n) is 0.968. The Hall–Kier alpha value is -1.31. The van der Waals surface area contributed by atoms with Crippen LogP contribution in [0.3, 0.4) is 0 Å². The van der Waals surface area contributed by atoms with Crippen molar-refractivity contribution in [1.29, 1.82) is 0 Å². The molecule has 0 spiro atoms. The van der Waals surface area contributed by atoms with E-state index in [9.17, 15) is 18.9 Å². The topological polar surface area (TPSA) is 65.3 Å². The number of hydrogen-bond acceptors (Lipinski definition) is 4. The van der Waals surface area contributed by atoms with Gasteiger partial charge in [-0.25, -0.2) is 8.78 Å². The Balaban J connectivity index is 3.42. The number of methoxy groups -OCH3 is 1. The van der Waals surface area contributed by atoms with Crippen molar-refractivity contribution in [3.8, 4) is 5.75 Å². The van der Waals surface area contributed by atoms with Gasteiger partial charge < -0.3 is 14.9 Å². The molecule has 15 heavy (non-hydrogen) atoms. The molecule has 0 radical (unpaired) electrons. The molecule has 0 fully saturated rings. The molecule has 0 aliphatic heterocycles. The van der Waals surface area contributed by atoms with E-state index in [4.69, 9.17) is 0 Å². The van der Waals surface area contributed by atoms with Crippen LogP contribution >= 0.6 is 15.9 Å². The molecular weight excluding hydrogens is 278 g/mol. The van der Waals surface area contributed by atoms with Gasteiger partial charge in [-0.3, -0.25) is 0 Å². The normalized spacial score (nSPS) is 10.5. The molecule has 0 aliphatic carbocycles. The first kappa shape index (κ1) is 11.8. The van der Waals surface area contributed by atoms with Gasteiger partial charge in [0, 0.05) is 0 Å². The predicted molar refractivity (Wildman–Crippen MR) is 50.1 cm³/mol. The van der Waals surface area contributed by atoms with Gasteiger partial charge >= 0.3 is 5.82 Å². The monoisotopic (exact) mass is 282 g/mol. The van der Waals surface area contributed by atoms with E-state index >= 15 is 0 Å². The minimum atomic E-state index is -2.88. The van der Waals surface area contributed by atoms with E-state index in [2.05, 4.69) is 25.7 Å². The third kappa shape index (κ3) is 2.20. The molecule has 0 aromatic carbocycles. The van der Waals surface area contributed by atoms with Crippen molar-refractivity contribution in [2.24, 2.45) is 0 Å². The molecule has 1 aromatic heterocycles. The van der Waals surface area contributed by atoms with E-state index < -0.39 is 22.7 Å². The summed E-state index contributed by atoms with van der Waals surface area (Å²) in [6.45, 7) is 0. The molecule has 0 N–H and O–H groups in total. The second kappa shape index (κ2) is 4.47. The molecule has 0 unspecified atom stereocenters. The summed E-state index contributed by atoms with van der Waals surface area (Å²) in [5, 5.41) is 10.4. The van der Waals surface area contributed by atoms with E-state index in [1.165, 1.54) is 7.11 Å². The third-order valence-electron chi connectivity index (χ3n) is 1.61. The van der Waals surface area contributed by atoms with Crippen LogP contribution in [0.25, 0.3) is 0 Å². The first-order chi connectivity index (χ1) is 6.99. The molecule has 5 nitrogen and oxygen atoms in total. The quantitative estimate of drug-likeness (QED) is 0.632. The molecule has 0 aliphatic rings. The van der Waals surface area contributed by atoms with Crippen LogP contribution in [-0.4, -0.2) is 17.0 Å². The number of hydrogen-bond donors (Lipinski definition) is 0. The molecule has 82 valence electrons. The maximum atomic E-state index is 12.6. The third-order valence-corrected chi connectivity index (χ3v) is 2.40. The van der Waals surface area contributed by atoms with Gasteiger partial charge in [0.2, 0.25) is 0 Å². The number of nitro groups is 1. The molecule has 8 heteroatoms. The summed E-state index contributed by atoms with van der Waals surface area (Å²) in [6.07, 6.45) is -1.99. The van der Waals surface area contributed by atoms with E-state index in [1.54, 1.807) is 0 Å². The summed E-state index contributed by atoms with van der Waals surface area (Å²) < 4.78 is 29.4. The van der Waals surface area contributed by atoms with E-state index in [-0.39, 0.29) is 10.2 Å². The van der Waals surface area contributed by atoms with Gasteiger partial charge in [0.1, 0.15) is 4.47 Å². The van der Waals surface area contributed by atoms with Crippen LogP contribution < -0.4 is 4.74 Å². The number of ether oxygens (including phenoxy) is 1. The zero-order chi connectivity index (χ0) is 11.6. The van der Waals surface area contributed by atoms with Crippen molar-refractivity contribution in [2.45, 2.75) is 6.43 Å². The van der Waals surface area contributed by atoms with Crippen molar-refractivity contribution in [3.05, 3.63) is 26.3 Å². The maximum absolute atomic E-state index is 12.6. The van der Waals surface area contributed by atoms with Gasteiger partial charge in [-0.2, -0.15) is 0 Å². The van der Waals surface area contributed by atoms with Crippen LogP contribution in [0.5, 0.6) is 5.75 Å². The fourth-order valence-corrected chi connectivity index (χ4v) is 1.58. The van der Waals surface area contributed by atoms with Gasteiger partial charge in [0.25, 0.3) is 6.43 Å². The molecule has 0 saturated carbocycles. The Morgan fingerprint density at radius 1 is 1.67 bits per heavy atom. The second-order valence-corrected chi connectivity index (χ2v) is 3.23. The van der Waals surface area contributed by atoms with Gasteiger partial charge in [0.15, 0.2) is 11.9 Å². The Morgan fingerprint density at radius 3 is 2.67 bits per heavy atom. The summed E-state index contributed by atoms with van der Waals surface area (Å²) >= 11 is 2.71. The molecule has 0 saturated heterocycles. The Labute approximate surface area is 91.3 Å². The fraction of sp³-hybridized carbons (Fsp3) is 0.286. The molecule has 1 rings (SSSR count). The van der Waals surface area contributed by atoms with Gasteiger partial charge in [0.05, 0.1) is 12.7 Å². The highest BCUT2D eigenvalue weighted by Gasteiger charge is 2.27. The SMILES string of the molecule is COc1cnc([N+](=O)[O-])c(Br)c1C(F)F. The maximum Gasteiger partial charge on any atom is 0.378 e. The van der Waals surface area contributed by atoms with Crippen molar-refractivity contribution in [3.63, 3.8) is 0 Å². The Bertz CT molecular complexity index is 400. The number of pyridine rings is 1. The number of nitrogens with zero attached hydrogens (tertiary/aromatic N) is 2. The highest BCUT2D eigenvalue weighted by Crippen LogP contribution is 2.38. The Morgan fingerprint density at radius 2 is 2.27 bits per heavy atom. The number of aromatic nitrogens is 1. The number of halogens is 3. The van der Waals surface area contributed by atoms with Crippen molar-refractivity contribution < 1.29 is 18.4 Å². The highest BCUT2D eigenvalue weighted by molar-refractivity contribution is 9.10. The van der Waals surface area contributed by atoms with Crippen LogP contribution in [0.4, 0.5) is 14.6 Å². The lowest BCUT2D eigenvalue weighted by Crippen LogP contribution is -2.00. The number of rotatable bonds is 3. The van der Waals surface area contributed by atoms with Crippen molar-refractivity contribution >= 4 is 21.7 Å². The predicted octanol–water partition coefficient (Wildman–Crippen LogP) is 2.70. The van der Waals surface area contributed by atoms with Gasteiger partial charge in [-0.1, -0.05) is 0 Å². The van der Waals surface area contributed by atoms with Crippen molar-refractivity contribution in [1.82, 2.24) is 4.98 Å². The van der Waals surface area contributed by atoms with Crippen LogP contribution in [0.15, 0.2) is 10.7 Å². The average molecular weight is 283 g/mol. The van der Waals surface area contributed by atoms with E-state index in [0.29, 0.717) is 0 Å². The second-order valence-electron chi connectivity index (χ2n) is 2.44. The Kier molecular flexibility index (Phi) is 3.51. The van der Waals surface area contributed by atoms with Gasteiger partial charge in [-0.15, -0.1) is 0 Å². The summed E-state index contributed by atoms with van der Waals surface area (Å²) in [5.41, 5.74) is -0.570. The van der Waals surface area contributed by atoms with Crippen LogP contribution in [0, 0.1) is 10.1 Å². The standard InChI is InChI=1S/C7H5BrF2N2O3/c1-15-3-2-11-7(12(13)14)5(8)4(3)6(9)10/h2,6H,1H3. The molecular formula is C7H5BrF2N2O3. The van der Waals surface area contributed by atoms with Crippen LogP contribution in [0.2, 0.25) is 0 Å². The first-order valence-electron chi connectivity index (χ1n) is 3.64.